The summed E-state index contributed by atoms with van der Waals surface area (Å²) in [6.45, 7) is 6.44. The highest BCUT2D eigenvalue weighted by molar-refractivity contribution is 4.74. The van der Waals surface area contributed by atoms with E-state index in [2.05, 4.69) is 17.0 Å². The SMILES string of the molecule is [CH2]CCn1cnc(C)n1. The molecule has 0 N–H and O–H groups in total. The van der Waals surface area contributed by atoms with E-state index < -0.39 is 0 Å². The van der Waals surface area contributed by atoms with Crippen LogP contribution >= 0.6 is 0 Å². The van der Waals surface area contributed by atoms with E-state index in [0.29, 0.717) is 0 Å². The molecule has 0 bridgehead atoms. The van der Waals surface area contributed by atoms with Crippen LogP contribution in [-0.2, 0) is 6.54 Å². The molecular weight excluding hydrogens is 114 g/mol. The lowest BCUT2D eigenvalue weighted by molar-refractivity contribution is 0.616. The van der Waals surface area contributed by atoms with E-state index in [9.17, 15) is 0 Å². The Morgan fingerprint density at radius 2 is 2.56 bits per heavy atom. The van der Waals surface area contributed by atoms with Gasteiger partial charge >= 0.3 is 0 Å². The number of aromatic nitrogens is 3. The van der Waals surface area contributed by atoms with E-state index in [1.54, 1.807) is 11.0 Å². The average Bonchev–Trinajstić information content (AvgIpc) is 2.17. The first kappa shape index (κ1) is 6.26. The monoisotopic (exact) mass is 124 g/mol. The molecule has 0 unspecified atom stereocenters. The molecule has 0 fully saturated rings. The third-order valence-electron chi connectivity index (χ3n) is 1.04. The highest BCUT2D eigenvalue weighted by Crippen LogP contribution is 1.87. The zero-order valence-electron chi connectivity index (χ0n) is 5.54. The molecule has 0 aromatic carbocycles. The first-order valence-electron chi connectivity index (χ1n) is 2.98. The van der Waals surface area contributed by atoms with Crippen molar-refractivity contribution in [1.82, 2.24) is 14.8 Å². The Hall–Kier alpha value is -0.860. The smallest absolute Gasteiger partial charge is 0.147 e. The van der Waals surface area contributed by atoms with Gasteiger partial charge in [0.1, 0.15) is 12.2 Å². The molecule has 0 aliphatic heterocycles. The quantitative estimate of drug-likeness (QED) is 0.584. The molecule has 3 heteroatoms. The third-order valence-corrected chi connectivity index (χ3v) is 1.04. The zero-order valence-corrected chi connectivity index (χ0v) is 5.54. The lowest BCUT2D eigenvalue weighted by Gasteiger charge is -1.91. The van der Waals surface area contributed by atoms with Crippen LogP contribution in [0.1, 0.15) is 12.2 Å². The summed E-state index contributed by atoms with van der Waals surface area (Å²) in [4.78, 5) is 3.96. The fourth-order valence-corrected chi connectivity index (χ4v) is 0.657. The van der Waals surface area contributed by atoms with Crippen molar-refractivity contribution < 1.29 is 0 Å². The van der Waals surface area contributed by atoms with Crippen LogP contribution in [-0.4, -0.2) is 14.8 Å². The second-order valence-electron chi connectivity index (χ2n) is 1.91. The van der Waals surface area contributed by atoms with Gasteiger partial charge in [-0.3, -0.25) is 4.68 Å². The number of aryl methyl sites for hydroxylation is 2. The molecule has 9 heavy (non-hydrogen) atoms. The topological polar surface area (TPSA) is 30.7 Å². The highest BCUT2D eigenvalue weighted by Gasteiger charge is 1.90. The fourth-order valence-electron chi connectivity index (χ4n) is 0.657. The minimum Gasteiger partial charge on any atom is -0.253 e. The molecule has 1 rings (SSSR count). The van der Waals surface area contributed by atoms with Gasteiger partial charge in [0.25, 0.3) is 0 Å². The van der Waals surface area contributed by atoms with Gasteiger partial charge in [-0.25, -0.2) is 4.98 Å². The predicted octanol–water partition coefficient (Wildman–Crippen LogP) is 0.811. The molecule has 0 aliphatic rings. The average molecular weight is 124 g/mol. The second kappa shape index (κ2) is 2.62. The molecule has 0 saturated carbocycles. The van der Waals surface area contributed by atoms with E-state index >= 15 is 0 Å². The lowest BCUT2D eigenvalue weighted by atomic mass is 10.5. The van der Waals surface area contributed by atoms with E-state index in [-0.39, 0.29) is 0 Å². The van der Waals surface area contributed by atoms with Crippen molar-refractivity contribution in [3.63, 3.8) is 0 Å². The Morgan fingerprint density at radius 3 is 3.00 bits per heavy atom. The maximum absolute atomic E-state index is 4.07. The minimum atomic E-state index is 0.823. The molecule has 1 aromatic heterocycles. The van der Waals surface area contributed by atoms with E-state index in [4.69, 9.17) is 0 Å². The summed E-state index contributed by atoms with van der Waals surface area (Å²) in [5.41, 5.74) is 0. The zero-order chi connectivity index (χ0) is 6.69. The second-order valence-corrected chi connectivity index (χ2v) is 1.91. The lowest BCUT2D eigenvalue weighted by Crippen LogP contribution is -1.96. The number of rotatable bonds is 2. The van der Waals surface area contributed by atoms with Crippen molar-refractivity contribution in [2.24, 2.45) is 0 Å². The van der Waals surface area contributed by atoms with Gasteiger partial charge in [0.05, 0.1) is 0 Å². The first-order valence-corrected chi connectivity index (χ1v) is 2.98. The van der Waals surface area contributed by atoms with Crippen LogP contribution in [0.5, 0.6) is 0 Å². The van der Waals surface area contributed by atoms with Crippen molar-refractivity contribution in [2.45, 2.75) is 19.9 Å². The number of hydrogen-bond donors (Lipinski definition) is 0. The molecule has 3 nitrogen and oxygen atoms in total. The molecule has 1 aromatic rings. The van der Waals surface area contributed by atoms with Crippen molar-refractivity contribution in [1.29, 1.82) is 0 Å². The predicted molar refractivity (Wildman–Crippen MR) is 34.7 cm³/mol. The van der Waals surface area contributed by atoms with Gasteiger partial charge in [-0.2, -0.15) is 5.10 Å². The van der Waals surface area contributed by atoms with Crippen molar-refractivity contribution in [3.8, 4) is 0 Å². The Bertz CT molecular complexity index is 180. The Labute approximate surface area is 54.7 Å². The molecule has 0 amide bonds. The number of hydrogen-bond acceptors (Lipinski definition) is 2. The maximum Gasteiger partial charge on any atom is 0.147 e. The Balaban J connectivity index is 2.61. The normalized spacial score (nSPS) is 10.0. The van der Waals surface area contributed by atoms with Gasteiger partial charge in [0.15, 0.2) is 0 Å². The molecule has 0 spiro atoms. The van der Waals surface area contributed by atoms with Crippen LogP contribution in [0.4, 0.5) is 0 Å². The summed E-state index contributed by atoms with van der Waals surface area (Å²) >= 11 is 0. The standard InChI is InChI=1S/C6H10N3/c1-3-4-9-5-7-6(2)8-9/h5H,1,3-4H2,2H3. The van der Waals surface area contributed by atoms with Crippen LogP contribution in [0.3, 0.4) is 0 Å². The molecule has 0 saturated heterocycles. The maximum atomic E-state index is 4.07. The Morgan fingerprint density at radius 1 is 1.78 bits per heavy atom. The summed E-state index contributed by atoms with van der Waals surface area (Å²) in [6.07, 6.45) is 2.59. The summed E-state index contributed by atoms with van der Waals surface area (Å²) in [6, 6.07) is 0. The van der Waals surface area contributed by atoms with Gasteiger partial charge in [-0.15, -0.1) is 0 Å². The van der Waals surface area contributed by atoms with Crippen LogP contribution < -0.4 is 0 Å². The van der Waals surface area contributed by atoms with Crippen molar-refractivity contribution in [3.05, 3.63) is 19.1 Å². The fraction of sp³-hybridized carbons (Fsp3) is 0.500. The Kier molecular flexibility index (Phi) is 1.82. The van der Waals surface area contributed by atoms with E-state index in [1.165, 1.54) is 0 Å². The summed E-state index contributed by atoms with van der Waals surface area (Å²) in [5.74, 6) is 0.823. The van der Waals surface area contributed by atoms with Crippen molar-refractivity contribution in [2.75, 3.05) is 0 Å². The molecule has 49 valence electrons. The van der Waals surface area contributed by atoms with Crippen LogP contribution in [0.2, 0.25) is 0 Å². The minimum absolute atomic E-state index is 0.823. The summed E-state index contributed by atoms with van der Waals surface area (Å²) < 4.78 is 1.79. The van der Waals surface area contributed by atoms with Crippen LogP contribution in [0.15, 0.2) is 6.33 Å². The largest absolute Gasteiger partial charge is 0.253 e. The first-order chi connectivity index (χ1) is 4.33. The highest BCUT2D eigenvalue weighted by atomic mass is 15.3. The molecular formula is C6H10N3. The third kappa shape index (κ3) is 1.52. The van der Waals surface area contributed by atoms with Gasteiger partial charge < -0.3 is 0 Å². The van der Waals surface area contributed by atoms with Crippen molar-refractivity contribution >= 4 is 0 Å². The van der Waals surface area contributed by atoms with Gasteiger partial charge in [0, 0.05) is 6.54 Å². The molecule has 0 atom stereocenters. The van der Waals surface area contributed by atoms with E-state index in [1.807, 2.05) is 6.92 Å². The molecule has 0 aliphatic carbocycles. The summed E-state index contributed by atoms with van der Waals surface area (Å²) in [5, 5.41) is 4.07. The van der Waals surface area contributed by atoms with Crippen LogP contribution in [0, 0.1) is 13.8 Å². The molecule has 1 heterocycles. The van der Waals surface area contributed by atoms with Gasteiger partial charge in [-0.1, -0.05) is 6.92 Å². The molecule has 1 radical (unpaired) electrons. The van der Waals surface area contributed by atoms with Gasteiger partial charge in [-0.05, 0) is 13.3 Å². The van der Waals surface area contributed by atoms with Crippen LogP contribution in [0.25, 0.3) is 0 Å². The van der Waals surface area contributed by atoms with Gasteiger partial charge in [0.2, 0.25) is 0 Å². The summed E-state index contributed by atoms with van der Waals surface area (Å²) in [7, 11) is 0. The van der Waals surface area contributed by atoms with E-state index in [0.717, 1.165) is 18.8 Å². The number of nitrogens with zero attached hydrogens (tertiary/aromatic N) is 3.